The van der Waals surface area contributed by atoms with Gasteiger partial charge in [-0.05, 0) is 11.4 Å². The average molecular weight is 233 g/mol. The van der Waals surface area contributed by atoms with Gasteiger partial charge in [0.05, 0.1) is 5.69 Å². The van der Waals surface area contributed by atoms with Crippen LogP contribution >= 0.6 is 11.3 Å². The normalized spacial score (nSPS) is 10.8. The zero-order chi connectivity index (χ0) is 11.5. The highest BCUT2D eigenvalue weighted by Crippen LogP contribution is 2.24. The number of hydrogen-bond donors (Lipinski definition) is 1. The Balaban J connectivity index is 2.49. The van der Waals surface area contributed by atoms with Gasteiger partial charge in [0.15, 0.2) is 0 Å². The van der Waals surface area contributed by atoms with Crippen LogP contribution < -0.4 is 5.32 Å². The summed E-state index contributed by atoms with van der Waals surface area (Å²) >= 11 is 1.68. The minimum absolute atomic E-state index is 0.339. The molecular formula is C12H15N3S. The van der Waals surface area contributed by atoms with Gasteiger partial charge in [0.25, 0.3) is 0 Å². The Morgan fingerprint density at radius 1 is 1.31 bits per heavy atom. The minimum atomic E-state index is 0.339. The minimum Gasteiger partial charge on any atom is -0.373 e. The molecule has 0 aliphatic rings. The summed E-state index contributed by atoms with van der Waals surface area (Å²) in [4.78, 5) is 9.02. The van der Waals surface area contributed by atoms with Gasteiger partial charge in [-0.1, -0.05) is 13.8 Å². The summed E-state index contributed by atoms with van der Waals surface area (Å²) in [6, 6.07) is 4.06. The van der Waals surface area contributed by atoms with Crippen LogP contribution in [0.3, 0.4) is 0 Å². The molecule has 0 aromatic carbocycles. The smallest absolute Gasteiger partial charge is 0.133 e. The van der Waals surface area contributed by atoms with Crippen molar-refractivity contribution in [3.05, 3.63) is 28.7 Å². The molecule has 0 unspecified atom stereocenters. The van der Waals surface area contributed by atoms with Crippen molar-refractivity contribution >= 4 is 17.2 Å². The van der Waals surface area contributed by atoms with Gasteiger partial charge in [-0.15, -0.1) is 0 Å². The summed E-state index contributed by atoms with van der Waals surface area (Å²) in [6.07, 6.45) is 0. The van der Waals surface area contributed by atoms with Gasteiger partial charge in [0, 0.05) is 30.0 Å². The molecule has 2 rings (SSSR count). The lowest BCUT2D eigenvalue weighted by Gasteiger charge is -2.08. The number of rotatable bonds is 3. The first-order valence-corrected chi connectivity index (χ1v) is 6.24. The van der Waals surface area contributed by atoms with Crippen molar-refractivity contribution in [3.8, 4) is 11.3 Å². The summed E-state index contributed by atoms with van der Waals surface area (Å²) in [6.45, 7) is 4.21. The second-order valence-corrected chi connectivity index (χ2v) is 4.69. The van der Waals surface area contributed by atoms with Crippen molar-refractivity contribution in [2.24, 2.45) is 0 Å². The van der Waals surface area contributed by atoms with Crippen LogP contribution in [0.2, 0.25) is 0 Å². The molecule has 16 heavy (non-hydrogen) atoms. The Labute approximate surface area is 99.6 Å². The van der Waals surface area contributed by atoms with E-state index in [1.165, 1.54) is 0 Å². The van der Waals surface area contributed by atoms with Crippen molar-refractivity contribution in [2.75, 3.05) is 12.4 Å². The summed E-state index contributed by atoms with van der Waals surface area (Å²) in [5, 5.41) is 7.24. The molecule has 0 saturated heterocycles. The number of nitrogens with zero attached hydrogens (tertiary/aromatic N) is 2. The molecule has 0 atom stereocenters. The lowest BCUT2D eigenvalue weighted by Crippen LogP contribution is -2.02. The highest BCUT2D eigenvalue weighted by atomic mass is 32.1. The van der Waals surface area contributed by atoms with Crippen molar-refractivity contribution in [2.45, 2.75) is 19.8 Å². The molecule has 0 aliphatic carbocycles. The van der Waals surface area contributed by atoms with E-state index in [1.807, 2.05) is 13.1 Å². The summed E-state index contributed by atoms with van der Waals surface area (Å²) in [7, 11) is 1.88. The Morgan fingerprint density at radius 2 is 2.12 bits per heavy atom. The lowest BCUT2D eigenvalue weighted by atomic mass is 10.2. The quantitative estimate of drug-likeness (QED) is 0.883. The van der Waals surface area contributed by atoms with Gasteiger partial charge >= 0.3 is 0 Å². The fraction of sp³-hybridized carbons (Fsp3) is 0.333. The fourth-order valence-electron chi connectivity index (χ4n) is 1.41. The molecule has 0 aliphatic heterocycles. The van der Waals surface area contributed by atoms with Gasteiger partial charge in [0.1, 0.15) is 11.6 Å². The number of hydrogen-bond acceptors (Lipinski definition) is 4. The molecule has 0 fully saturated rings. The monoisotopic (exact) mass is 233 g/mol. The van der Waals surface area contributed by atoms with Crippen LogP contribution in [-0.2, 0) is 0 Å². The molecule has 0 spiro atoms. The zero-order valence-corrected chi connectivity index (χ0v) is 10.5. The van der Waals surface area contributed by atoms with Crippen LogP contribution in [0.1, 0.15) is 25.6 Å². The Hall–Kier alpha value is -1.42. The van der Waals surface area contributed by atoms with Crippen molar-refractivity contribution in [3.63, 3.8) is 0 Å². The van der Waals surface area contributed by atoms with Crippen LogP contribution in [-0.4, -0.2) is 17.0 Å². The third-order valence-corrected chi connectivity index (χ3v) is 3.02. The predicted molar refractivity (Wildman–Crippen MR) is 69.0 cm³/mol. The van der Waals surface area contributed by atoms with Gasteiger partial charge in [-0.2, -0.15) is 11.3 Å². The van der Waals surface area contributed by atoms with Crippen LogP contribution in [0.15, 0.2) is 22.9 Å². The highest BCUT2D eigenvalue weighted by Gasteiger charge is 2.08. The Morgan fingerprint density at radius 3 is 2.69 bits per heavy atom. The molecule has 1 N–H and O–H groups in total. The van der Waals surface area contributed by atoms with Crippen LogP contribution in [0.25, 0.3) is 11.3 Å². The maximum absolute atomic E-state index is 4.58. The number of anilines is 1. The van der Waals surface area contributed by atoms with Crippen LogP contribution in [0.4, 0.5) is 5.82 Å². The van der Waals surface area contributed by atoms with E-state index >= 15 is 0 Å². The Bertz CT molecular complexity index is 463. The van der Waals surface area contributed by atoms with Crippen LogP contribution in [0, 0.1) is 0 Å². The number of thiophene rings is 1. The third-order valence-electron chi connectivity index (χ3n) is 2.33. The zero-order valence-electron chi connectivity index (χ0n) is 9.69. The molecular weight excluding hydrogens is 218 g/mol. The fourth-order valence-corrected chi connectivity index (χ4v) is 2.06. The molecule has 0 saturated carbocycles. The third kappa shape index (κ3) is 2.22. The second kappa shape index (κ2) is 4.61. The number of nitrogens with one attached hydrogen (secondary N) is 1. The highest BCUT2D eigenvalue weighted by molar-refractivity contribution is 7.08. The molecule has 2 aromatic heterocycles. The van der Waals surface area contributed by atoms with Crippen molar-refractivity contribution < 1.29 is 0 Å². The molecule has 2 aromatic rings. The molecule has 84 valence electrons. The van der Waals surface area contributed by atoms with Gasteiger partial charge in [0.2, 0.25) is 0 Å². The van der Waals surface area contributed by atoms with Crippen molar-refractivity contribution in [1.82, 2.24) is 9.97 Å². The van der Waals surface area contributed by atoms with E-state index < -0.39 is 0 Å². The molecule has 0 radical (unpaired) electrons. The first-order chi connectivity index (χ1) is 7.70. The molecule has 3 nitrogen and oxygen atoms in total. The largest absolute Gasteiger partial charge is 0.373 e. The van der Waals surface area contributed by atoms with Gasteiger partial charge in [-0.25, -0.2) is 9.97 Å². The summed E-state index contributed by atoms with van der Waals surface area (Å²) < 4.78 is 0. The first kappa shape index (κ1) is 11.1. The topological polar surface area (TPSA) is 37.8 Å². The first-order valence-electron chi connectivity index (χ1n) is 5.30. The van der Waals surface area contributed by atoms with E-state index in [0.29, 0.717) is 5.92 Å². The van der Waals surface area contributed by atoms with E-state index in [0.717, 1.165) is 22.9 Å². The molecule has 0 bridgehead atoms. The maximum atomic E-state index is 4.58. The van der Waals surface area contributed by atoms with Crippen molar-refractivity contribution in [1.29, 1.82) is 0 Å². The van der Waals surface area contributed by atoms with Crippen LogP contribution in [0.5, 0.6) is 0 Å². The number of aromatic nitrogens is 2. The van der Waals surface area contributed by atoms with E-state index in [1.54, 1.807) is 11.3 Å². The van der Waals surface area contributed by atoms with E-state index in [-0.39, 0.29) is 0 Å². The SMILES string of the molecule is CNc1cc(-c2ccsc2)nc(C(C)C)n1. The summed E-state index contributed by atoms with van der Waals surface area (Å²) in [5.41, 5.74) is 2.15. The van der Waals surface area contributed by atoms with Gasteiger partial charge in [-0.3, -0.25) is 0 Å². The lowest BCUT2D eigenvalue weighted by molar-refractivity contribution is 0.778. The van der Waals surface area contributed by atoms with Gasteiger partial charge < -0.3 is 5.32 Å². The summed E-state index contributed by atoms with van der Waals surface area (Å²) in [5.74, 6) is 2.10. The van der Waals surface area contributed by atoms with E-state index in [9.17, 15) is 0 Å². The van der Waals surface area contributed by atoms with E-state index in [4.69, 9.17) is 0 Å². The Kier molecular flexibility index (Phi) is 3.19. The second-order valence-electron chi connectivity index (χ2n) is 3.91. The predicted octanol–water partition coefficient (Wildman–Crippen LogP) is 3.37. The molecule has 2 heterocycles. The average Bonchev–Trinajstić information content (AvgIpc) is 2.81. The standard InChI is InChI=1S/C12H15N3S/c1-8(2)12-14-10(6-11(13-3)15-12)9-4-5-16-7-9/h4-8H,1-3H3,(H,13,14,15). The molecule has 4 heteroatoms. The maximum Gasteiger partial charge on any atom is 0.133 e. The van der Waals surface area contributed by atoms with E-state index in [2.05, 4.69) is 46.0 Å². The molecule has 0 amide bonds.